The Hall–Kier alpha value is -3.15. The first-order valence-corrected chi connectivity index (χ1v) is 8.30. The second-order valence-corrected chi connectivity index (χ2v) is 5.98. The molecule has 0 atom stereocenters. The zero-order valence-electron chi connectivity index (χ0n) is 14.7. The Kier molecular flexibility index (Phi) is 5.31. The van der Waals surface area contributed by atoms with E-state index in [9.17, 15) is 9.18 Å². The van der Waals surface area contributed by atoms with Gasteiger partial charge in [0.05, 0.1) is 24.2 Å². The summed E-state index contributed by atoms with van der Waals surface area (Å²) < 4.78 is 18.2. The fourth-order valence-electron chi connectivity index (χ4n) is 2.67. The Morgan fingerprint density at radius 2 is 1.81 bits per heavy atom. The van der Waals surface area contributed by atoms with E-state index in [2.05, 4.69) is 15.5 Å². The molecule has 0 aliphatic carbocycles. The highest BCUT2D eigenvalue weighted by molar-refractivity contribution is 6.04. The number of methoxy groups -OCH3 is 1. The van der Waals surface area contributed by atoms with Crippen molar-refractivity contribution in [1.29, 1.82) is 0 Å². The van der Waals surface area contributed by atoms with Gasteiger partial charge in [-0.25, -0.2) is 4.39 Å². The number of hydrogen-bond acceptors (Lipinski definition) is 3. The molecule has 2 aromatic carbocycles. The third-order valence-electron chi connectivity index (χ3n) is 4.18. The summed E-state index contributed by atoms with van der Waals surface area (Å²) in [6.45, 7) is 1.85. The first-order chi connectivity index (χ1) is 12.6. The van der Waals surface area contributed by atoms with E-state index in [1.54, 1.807) is 7.11 Å². The number of carbonyl (C=O) groups is 1. The van der Waals surface area contributed by atoms with Gasteiger partial charge in [-0.15, -0.1) is 0 Å². The summed E-state index contributed by atoms with van der Waals surface area (Å²) in [7, 11) is 1.64. The van der Waals surface area contributed by atoms with Crippen molar-refractivity contribution in [2.24, 2.45) is 0 Å². The van der Waals surface area contributed by atoms with Gasteiger partial charge in [-0.2, -0.15) is 5.10 Å². The van der Waals surface area contributed by atoms with Crippen molar-refractivity contribution in [3.05, 3.63) is 76.9 Å². The Morgan fingerprint density at radius 1 is 1.12 bits per heavy atom. The van der Waals surface area contributed by atoms with Gasteiger partial charge < -0.3 is 10.1 Å². The second-order valence-electron chi connectivity index (χ2n) is 5.98. The van der Waals surface area contributed by atoms with Crippen molar-refractivity contribution in [3.63, 3.8) is 0 Å². The third-order valence-corrected chi connectivity index (χ3v) is 4.18. The van der Waals surface area contributed by atoms with Crippen LogP contribution in [0.3, 0.4) is 0 Å². The molecule has 0 saturated heterocycles. The largest absolute Gasteiger partial charge is 0.497 e. The lowest BCUT2D eigenvalue weighted by atomic mass is 10.1. The fourth-order valence-corrected chi connectivity index (χ4v) is 2.67. The molecule has 6 heteroatoms. The topological polar surface area (TPSA) is 67.0 Å². The minimum Gasteiger partial charge on any atom is -0.497 e. The van der Waals surface area contributed by atoms with Crippen LogP contribution in [0, 0.1) is 12.7 Å². The minimum absolute atomic E-state index is 0.291. The van der Waals surface area contributed by atoms with Crippen LogP contribution in [0.1, 0.15) is 27.3 Å². The number of rotatable bonds is 6. The molecule has 0 saturated carbocycles. The summed E-state index contributed by atoms with van der Waals surface area (Å²) in [5, 5.41) is 10.1. The van der Waals surface area contributed by atoms with Crippen molar-refractivity contribution in [2.45, 2.75) is 19.8 Å². The number of anilines is 1. The van der Waals surface area contributed by atoms with Gasteiger partial charge in [0.2, 0.25) is 0 Å². The maximum absolute atomic E-state index is 13.0. The highest BCUT2D eigenvalue weighted by Gasteiger charge is 2.14. The van der Waals surface area contributed by atoms with E-state index < -0.39 is 0 Å². The van der Waals surface area contributed by atoms with Crippen LogP contribution in [0.4, 0.5) is 10.1 Å². The molecular formula is C20H20FN3O2. The second kappa shape index (κ2) is 7.82. The predicted molar refractivity (Wildman–Crippen MR) is 98.1 cm³/mol. The van der Waals surface area contributed by atoms with Crippen LogP contribution in [0.2, 0.25) is 0 Å². The molecule has 0 unspecified atom stereocenters. The van der Waals surface area contributed by atoms with E-state index in [-0.39, 0.29) is 11.7 Å². The summed E-state index contributed by atoms with van der Waals surface area (Å²) in [4.78, 5) is 12.4. The lowest BCUT2D eigenvalue weighted by molar-refractivity contribution is 0.102. The van der Waals surface area contributed by atoms with Crippen LogP contribution >= 0.6 is 0 Å². The van der Waals surface area contributed by atoms with E-state index in [1.807, 2.05) is 31.2 Å². The maximum Gasteiger partial charge on any atom is 0.255 e. The molecule has 3 aromatic rings. The highest BCUT2D eigenvalue weighted by Crippen LogP contribution is 2.21. The number of H-pyrrole nitrogens is 1. The number of benzene rings is 2. The SMILES string of the molecule is COc1ccc(CCc2n[nH]c(C)c2NC(=O)c2ccc(F)cc2)cc1. The monoisotopic (exact) mass is 353 g/mol. The Bertz CT molecular complexity index is 886. The Morgan fingerprint density at radius 3 is 2.46 bits per heavy atom. The van der Waals surface area contributed by atoms with Gasteiger partial charge in [-0.1, -0.05) is 12.1 Å². The molecule has 0 spiro atoms. The van der Waals surface area contributed by atoms with Crippen LogP contribution in [0.25, 0.3) is 0 Å². The van der Waals surface area contributed by atoms with Crippen LogP contribution < -0.4 is 10.1 Å². The predicted octanol–water partition coefficient (Wildman–Crippen LogP) is 3.90. The first-order valence-electron chi connectivity index (χ1n) is 8.30. The van der Waals surface area contributed by atoms with Crippen molar-refractivity contribution in [3.8, 4) is 5.75 Å². The van der Waals surface area contributed by atoms with Gasteiger partial charge in [0.25, 0.3) is 5.91 Å². The van der Waals surface area contributed by atoms with Gasteiger partial charge >= 0.3 is 0 Å². The van der Waals surface area contributed by atoms with Gasteiger partial charge in [0.1, 0.15) is 11.6 Å². The average Bonchev–Trinajstić information content (AvgIpc) is 3.00. The minimum atomic E-state index is -0.374. The number of nitrogens with one attached hydrogen (secondary N) is 2. The van der Waals surface area contributed by atoms with Gasteiger partial charge in [-0.3, -0.25) is 9.89 Å². The number of aryl methyl sites for hydroxylation is 3. The number of hydrogen-bond donors (Lipinski definition) is 2. The third kappa shape index (κ3) is 4.08. The van der Waals surface area contributed by atoms with Crippen molar-refractivity contribution >= 4 is 11.6 Å². The maximum atomic E-state index is 13.0. The zero-order valence-corrected chi connectivity index (χ0v) is 14.7. The summed E-state index contributed by atoms with van der Waals surface area (Å²) >= 11 is 0. The molecule has 26 heavy (non-hydrogen) atoms. The highest BCUT2D eigenvalue weighted by atomic mass is 19.1. The number of aromatic nitrogens is 2. The standard InChI is InChI=1S/C20H20FN3O2/c1-13-19(22-20(25)15-6-8-16(21)9-7-15)18(24-23-13)12-5-14-3-10-17(26-2)11-4-14/h3-4,6-11H,5,12H2,1-2H3,(H,22,25)(H,23,24). The molecule has 0 aliphatic heterocycles. The van der Waals surface area contributed by atoms with E-state index >= 15 is 0 Å². The normalized spacial score (nSPS) is 10.6. The number of amides is 1. The summed E-state index contributed by atoms with van der Waals surface area (Å²) in [5.41, 5.74) is 3.79. The quantitative estimate of drug-likeness (QED) is 0.706. The molecule has 3 rings (SSSR count). The zero-order chi connectivity index (χ0) is 18.5. The van der Waals surface area contributed by atoms with Gasteiger partial charge in [0.15, 0.2) is 0 Å². The first kappa shape index (κ1) is 17.7. The van der Waals surface area contributed by atoms with E-state index in [0.29, 0.717) is 17.7 Å². The number of carbonyl (C=O) groups excluding carboxylic acids is 1. The Labute approximate surface area is 151 Å². The van der Waals surface area contributed by atoms with Gasteiger partial charge in [-0.05, 0) is 61.7 Å². The molecule has 0 radical (unpaired) electrons. The summed E-state index contributed by atoms with van der Waals surface area (Å²) in [6, 6.07) is 13.3. The van der Waals surface area contributed by atoms with Gasteiger partial charge in [0, 0.05) is 5.56 Å². The number of halogens is 1. The Balaban J connectivity index is 1.69. The van der Waals surface area contributed by atoms with Crippen molar-refractivity contribution in [2.75, 3.05) is 12.4 Å². The molecular weight excluding hydrogens is 333 g/mol. The molecule has 1 amide bonds. The molecule has 1 aromatic heterocycles. The molecule has 0 fully saturated rings. The lowest BCUT2D eigenvalue weighted by Gasteiger charge is -2.08. The van der Waals surface area contributed by atoms with Crippen LogP contribution in [0.15, 0.2) is 48.5 Å². The molecule has 0 aliphatic rings. The lowest BCUT2D eigenvalue weighted by Crippen LogP contribution is -2.13. The fraction of sp³-hybridized carbons (Fsp3) is 0.200. The van der Waals surface area contributed by atoms with Crippen LogP contribution in [-0.2, 0) is 12.8 Å². The van der Waals surface area contributed by atoms with E-state index in [0.717, 1.165) is 29.1 Å². The smallest absolute Gasteiger partial charge is 0.255 e. The van der Waals surface area contributed by atoms with Crippen molar-refractivity contribution < 1.29 is 13.9 Å². The molecule has 0 bridgehead atoms. The number of aromatic amines is 1. The summed E-state index contributed by atoms with van der Waals surface area (Å²) in [6.07, 6.45) is 1.46. The average molecular weight is 353 g/mol. The van der Waals surface area contributed by atoms with Crippen molar-refractivity contribution in [1.82, 2.24) is 10.2 Å². The summed E-state index contributed by atoms with van der Waals surface area (Å²) in [5.74, 6) is 0.151. The molecule has 134 valence electrons. The molecule has 5 nitrogen and oxygen atoms in total. The van der Waals surface area contributed by atoms with E-state index in [1.165, 1.54) is 24.3 Å². The van der Waals surface area contributed by atoms with E-state index in [4.69, 9.17) is 4.74 Å². The van der Waals surface area contributed by atoms with Crippen LogP contribution in [-0.4, -0.2) is 23.2 Å². The number of ether oxygens (including phenoxy) is 1. The molecule has 2 N–H and O–H groups in total. The van der Waals surface area contributed by atoms with Crippen LogP contribution in [0.5, 0.6) is 5.75 Å². The number of nitrogens with zero attached hydrogens (tertiary/aromatic N) is 1. The molecule has 1 heterocycles.